The van der Waals surface area contributed by atoms with Gasteiger partial charge in [-0.2, -0.15) is 0 Å². The van der Waals surface area contributed by atoms with Gasteiger partial charge in [-0.05, 0) is 175 Å². The zero-order valence-corrected chi connectivity index (χ0v) is 46.4. The Morgan fingerprint density at radius 1 is 0.311 bits per heavy atom. The van der Waals surface area contributed by atoms with Crippen LogP contribution in [0.5, 0.6) is 40.2 Å². The standard InChI is InChI=1S/C14H14O2.C13H12O.2C8H10O.C7H8.C6H7N.C5H6S.C4H5NS/c1-11-4-3-5-14(10-11)16-13-8-6-12(15-2)7-9-13;1-11-7-9-13(10-8-11)14-12-5-3-2-4-6-12;1-7-3-5-8(9-2)6-4-7;1-7-4-3-5-8(6-7)9-2;1-7-5-3-2-4-6-7;1-6-3-2-4-7-5-6;1-5-3-2-4-6-5;1-4-5-2-3-6-4/h3-10H,1-2H3;2-10H,1H3;2*3-6H,1-2H3;2-6H,1H3;2-5H,1H3;2-4H,1H3;2-3H,1H3. The molecule has 7 nitrogen and oxygen atoms in total. The van der Waals surface area contributed by atoms with Crippen molar-refractivity contribution in [3.8, 4) is 40.2 Å². The van der Waals surface area contributed by atoms with Crippen LogP contribution in [0.15, 0.2) is 236 Å². The molecule has 0 fully saturated rings. The summed E-state index contributed by atoms with van der Waals surface area (Å²) in [6, 6.07) is 67.6. The summed E-state index contributed by atoms with van der Waals surface area (Å²) in [6.07, 6.45) is 5.41. The number of methoxy groups -OCH3 is 3. The third-order valence-electron chi connectivity index (χ3n) is 9.74. The molecule has 0 N–H and O–H groups in total. The number of aryl methyl sites for hydroxylation is 8. The summed E-state index contributed by atoms with van der Waals surface area (Å²) in [5.41, 5.74) is 7.45. The molecule has 10 aromatic rings. The van der Waals surface area contributed by atoms with Crippen molar-refractivity contribution in [2.75, 3.05) is 21.3 Å². The maximum absolute atomic E-state index is 5.70. The van der Waals surface area contributed by atoms with E-state index in [2.05, 4.69) is 67.3 Å². The van der Waals surface area contributed by atoms with Gasteiger partial charge in [0.05, 0.1) is 26.3 Å². The normalized spacial score (nSPS) is 9.28. The second-order valence-electron chi connectivity index (χ2n) is 16.3. The molecule has 0 atom stereocenters. The Kier molecular flexibility index (Phi) is 30.1. The summed E-state index contributed by atoms with van der Waals surface area (Å²) in [7, 11) is 5.00. The van der Waals surface area contributed by atoms with E-state index in [1.54, 1.807) is 56.4 Å². The van der Waals surface area contributed by atoms with Gasteiger partial charge in [-0.15, -0.1) is 22.7 Å². The van der Waals surface area contributed by atoms with Crippen LogP contribution < -0.4 is 23.7 Å². The van der Waals surface area contributed by atoms with Gasteiger partial charge in [0.2, 0.25) is 0 Å². The Labute approximate surface area is 449 Å². The summed E-state index contributed by atoms with van der Waals surface area (Å²) in [5.74, 6) is 6.09. The molecule has 7 aromatic carbocycles. The zero-order chi connectivity index (χ0) is 53.6. The number of hydrogen-bond acceptors (Lipinski definition) is 9. The molecule has 0 aliphatic rings. The second-order valence-corrected chi connectivity index (χ2v) is 18.6. The lowest BCUT2D eigenvalue weighted by atomic mass is 10.2. The van der Waals surface area contributed by atoms with Gasteiger partial charge in [-0.1, -0.05) is 126 Å². The summed E-state index contributed by atoms with van der Waals surface area (Å²) in [6.45, 7) is 16.4. The molecular formula is C65H72N2O5S2. The smallest absolute Gasteiger partial charge is 0.127 e. The van der Waals surface area contributed by atoms with E-state index in [4.69, 9.17) is 23.7 Å². The third kappa shape index (κ3) is 28.8. The van der Waals surface area contributed by atoms with Crippen molar-refractivity contribution in [1.82, 2.24) is 9.97 Å². The van der Waals surface area contributed by atoms with Crippen molar-refractivity contribution in [3.05, 3.63) is 279 Å². The first-order valence-electron chi connectivity index (χ1n) is 24.0. The number of aromatic nitrogens is 2. The number of pyridine rings is 1. The van der Waals surface area contributed by atoms with Gasteiger partial charge in [-0.3, -0.25) is 9.97 Å². The van der Waals surface area contributed by atoms with E-state index in [-0.39, 0.29) is 0 Å². The van der Waals surface area contributed by atoms with Gasteiger partial charge in [0.25, 0.3) is 0 Å². The molecule has 3 heterocycles. The highest BCUT2D eigenvalue weighted by Gasteiger charge is 1.98. The molecule has 0 radical (unpaired) electrons. The molecule has 0 unspecified atom stereocenters. The molecule has 9 heteroatoms. The number of nitrogens with zero attached hydrogens (tertiary/aromatic N) is 2. The molecule has 0 bridgehead atoms. The number of thiophene rings is 1. The molecule has 0 aliphatic heterocycles. The predicted molar refractivity (Wildman–Crippen MR) is 313 cm³/mol. The van der Waals surface area contributed by atoms with Crippen LogP contribution in [0.3, 0.4) is 0 Å². The second kappa shape index (κ2) is 36.9. The first-order chi connectivity index (χ1) is 35.8. The van der Waals surface area contributed by atoms with Gasteiger partial charge < -0.3 is 23.7 Å². The van der Waals surface area contributed by atoms with Crippen LogP contribution in [0.1, 0.15) is 43.3 Å². The van der Waals surface area contributed by atoms with E-state index < -0.39 is 0 Å². The van der Waals surface area contributed by atoms with Crippen molar-refractivity contribution in [2.24, 2.45) is 0 Å². The summed E-state index contributed by atoms with van der Waals surface area (Å²) in [4.78, 5) is 9.20. The van der Waals surface area contributed by atoms with Crippen LogP contribution in [0.2, 0.25) is 0 Å². The summed E-state index contributed by atoms with van der Waals surface area (Å²) >= 11 is 3.44. The molecule has 0 spiro atoms. The van der Waals surface area contributed by atoms with Crippen molar-refractivity contribution in [2.45, 2.75) is 55.4 Å². The Morgan fingerprint density at radius 3 is 1.08 bits per heavy atom. The highest BCUT2D eigenvalue weighted by molar-refractivity contribution is 7.09. The quantitative estimate of drug-likeness (QED) is 0.157. The van der Waals surface area contributed by atoms with Crippen LogP contribution >= 0.6 is 22.7 Å². The average molecular weight is 1030 g/mol. The highest BCUT2D eigenvalue weighted by atomic mass is 32.1. The Hall–Kier alpha value is -7.98. The third-order valence-corrected chi connectivity index (χ3v) is 11.2. The van der Waals surface area contributed by atoms with Gasteiger partial charge in [0, 0.05) is 28.8 Å². The molecule has 3 aromatic heterocycles. The minimum Gasteiger partial charge on any atom is -0.497 e. The fraction of sp³-hybridized carbons (Fsp3) is 0.169. The summed E-state index contributed by atoms with van der Waals surface area (Å²) in [5, 5.41) is 5.18. The number of benzene rings is 7. The maximum Gasteiger partial charge on any atom is 0.127 e. The molecule has 0 saturated heterocycles. The van der Waals surface area contributed by atoms with Crippen LogP contribution in [0.4, 0.5) is 0 Å². The number of rotatable bonds is 7. The Balaban J connectivity index is 0.000000229. The molecule has 0 saturated carbocycles. The number of ether oxygens (including phenoxy) is 5. The fourth-order valence-corrected chi connectivity index (χ4v) is 6.71. The monoisotopic (exact) mass is 1020 g/mol. The number of thiazole rings is 1. The first-order valence-corrected chi connectivity index (χ1v) is 25.8. The average Bonchev–Trinajstić information content (AvgIpc) is 4.13. The SMILES string of the molecule is COc1ccc(C)cc1.COc1ccc(Oc2cccc(C)c2)cc1.COc1cccc(C)c1.Cc1ccc(Oc2ccccc2)cc1.Cc1ccccc1.Cc1cccnc1.Cc1cccs1.Cc1nccs1. The lowest BCUT2D eigenvalue weighted by molar-refractivity contribution is 0.413. The molecular weight excluding hydrogens is 953 g/mol. The Bertz CT molecular complexity index is 2810. The van der Waals surface area contributed by atoms with Gasteiger partial charge in [-0.25, -0.2) is 0 Å². The van der Waals surface area contributed by atoms with E-state index >= 15 is 0 Å². The number of hydrogen-bond donors (Lipinski definition) is 0. The molecule has 384 valence electrons. The minimum atomic E-state index is 0.811. The molecule has 0 aliphatic carbocycles. The minimum absolute atomic E-state index is 0.811. The summed E-state index contributed by atoms with van der Waals surface area (Å²) < 4.78 is 26.4. The van der Waals surface area contributed by atoms with Gasteiger partial charge in [0.1, 0.15) is 40.2 Å². The van der Waals surface area contributed by atoms with Crippen LogP contribution in [-0.2, 0) is 0 Å². The largest absolute Gasteiger partial charge is 0.497 e. The number of para-hydroxylation sites is 1. The van der Waals surface area contributed by atoms with Gasteiger partial charge in [0.15, 0.2) is 0 Å². The van der Waals surface area contributed by atoms with Gasteiger partial charge >= 0.3 is 0 Å². The molecule has 0 amide bonds. The molecule has 10 rings (SSSR count). The lowest BCUT2D eigenvalue weighted by Crippen LogP contribution is -1.86. The van der Waals surface area contributed by atoms with Crippen LogP contribution in [-0.4, -0.2) is 31.3 Å². The van der Waals surface area contributed by atoms with Crippen molar-refractivity contribution >= 4 is 22.7 Å². The van der Waals surface area contributed by atoms with Crippen LogP contribution in [0.25, 0.3) is 0 Å². The molecule has 74 heavy (non-hydrogen) atoms. The van der Waals surface area contributed by atoms with Crippen molar-refractivity contribution < 1.29 is 23.7 Å². The van der Waals surface area contributed by atoms with Crippen molar-refractivity contribution in [3.63, 3.8) is 0 Å². The van der Waals surface area contributed by atoms with E-state index in [0.717, 1.165) is 45.3 Å². The lowest BCUT2D eigenvalue weighted by Gasteiger charge is -2.06. The maximum atomic E-state index is 5.70. The fourth-order valence-electron chi connectivity index (χ4n) is 5.74. The van der Waals surface area contributed by atoms with E-state index in [1.165, 1.54) is 38.3 Å². The topological polar surface area (TPSA) is 71.9 Å². The zero-order valence-electron chi connectivity index (χ0n) is 44.8. The van der Waals surface area contributed by atoms with E-state index in [9.17, 15) is 0 Å². The van der Waals surface area contributed by atoms with E-state index in [0.29, 0.717) is 0 Å². The van der Waals surface area contributed by atoms with Crippen molar-refractivity contribution in [1.29, 1.82) is 0 Å². The first kappa shape index (κ1) is 60.3. The van der Waals surface area contributed by atoms with Crippen LogP contribution in [0, 0.1) is 55.4 Å². The Morgan fingerprint density at radius 2 is 0.730 bits per heavy atom. The predicted octanol–water partition coefficient (Wildman–Crippen LogP) is 18.5. The highest BCUT2D eigenvalue weighted by Crippen LogP contribution is 2.24. The van der Waals surface area contributed by atoms with E-state index in [1.807, 2.05) is 221 Å².